The zero-order valence-corrected chi connectivity index (χ0v) is 8.94. The molecule has 0 radical (unpaired) electrons. The average molecular weight is 245 g/mol. The van der Waals surface area contributed by atoms with Crippen molar-refractivity contribution in [1.29, 1.82) is 0 Å². The van der Waals surface area contributed by atoms with Crippen LogP contribution in [0.3, 0.4) is 0 Å². The Balaban J connectivity index is 2.08. The van der Waals surface area contributed by atoms with Gasteiger partial charge in [-0.2, -0.15) is 0 Å². The van der Waals surface area contributed by atoms with Gasteiger partial charge in [-0.3, -0.25) is 0 Å². The molecule has 1 saturated carbocycles. The summed E-state index contributed by atoms with van der Waals surface area (Å²) in [6.45, 7) is 0. The maximum Gasteiger partial charge on any atom is 0.0932 e. The number of halogens is 1. The quantitative estimate of drug-likeness (QED) is 0.797. The smallest absolute Gasteiger partial charge is 0.0932 e. The molecule has 0 spiro atoms. The molecule has 1 fully saturated rings. The summed E-state index contributed by atoms with van der Waals surface area (Å²) in [6, 6.07) is 0.817. The van der Waals surface area contributed by atoms with Crippen LogP contribution >= 0.6 is 15.9 Å². The highest BCUT2D eigenvalue weighted by Gasteiger charge is 2.23. The predicted octanol–water partition coefficient (Wildman–Crippen LogP) is 1.23. The van der Waals surface area contributed by atoms with Crippen LogP contribution in [0.1, 0.15) is 31.0 Å². The summed E-state index contributed by atoms with van der Waals surface area (Å²) in [4.78, 5) is 0. The van der Waals surface area contributed by atoms with Gasteiger partial charge >= 0.3 is 0 Å². The van der Waals surface area contributed by atoms with E-state index in [-0.39, 0.29) is 0 Å². The van der Waals surface area contributed by atoms with Crippen molar-refractivity contribution >= 4 is 15.9 Å². The van der Waals surface area contributed by atoms with Crippen LogP contribution in [0.5, 0.6) is 0 Å². The van der Waals surface area contributed by atoms with Crippen LogP contribution in [0.15, 0.2) is 6.20 Å². The van der Waals surface area contributed by atoms with Crippen molar-refractivity contribution in [2.24, 2.45) is 5.73 Å². The van der Waals surface area contributed by atoms with Crippen LogP contribution in [0.2, 0.25) is 0 Å². The average Bonchev–Trinajstić information content (AvgIpc) is 2.71. The maximum absolute atomic E-state index is 5.83. The van der Waals surface area contributed by atoms with Crippen LogP contribution in [-0.2, 0) is 5.33 Å². The van der Waals surface area contributed by atoms with Gasteiger partial charge in [-0.05, 0) is 19.3 Å². The molecule has 2 atom stereocenters. The first-order valence-corrected chi connectivity index (χ1v) is 5.64. The molecule has 4 nitrogen and oxygen atoms in total. The van der Waals surface area contributed by atoms with E-state index in [0.29, 0.717) is 12.1 Å². The van der Waals surface area contributed by atoms with Crippen LogP contribution in [0.4, 0.5) is 0 Å². The first kappa shape index (κ1) is 9.15. The molecule has 5 heteroatoms. The Morgan fingerprint density at radius 1 is 1.62 bits per heavy atom. The van der Waals surface area contributed by atoms with E-state index >= 15 is 0 Å². The highest BCUT2D eigenvalue weighted by atomic mass is 79.9. The Morgan fingerprint density at radius 2 is 2.46 bits per heavy atom. The normalized spacial score (nSPS) is 28.2. The highest BCUT2D eigenvalue weighted by Crippen LogP contribution is 2.27. The molecule has 0 unspecified atom stereocenters. The summed E-state index contributed by atoms with van der Waals surface area (Å²) < 4.78 is 1.95. The van der Waals surface area contributed by atoms with Gasteiger partial charge in [0.15, 0.2) is 0 Å². The zero-order valence-electron chi connectivity index (χ0n) is 7.36. The van der Waals surface area contributed by atoms with E-state index in [1.807, 2.05) is 10.9 Å². The standard InChI is InChI=1S/C8H13BrN4/c9-4-7-5-13(12-11-7)8-2-1-6(10)3-8/h5-6,8H,1-4,10H2/t6-,8+/m0/s1. The van der Waals surface area contributed by atoms with Crippen molar-refractivity contribution in [2.45, 2.75) is 36.7 Å². The first-order chi connectivity index (χ1) is 6.29. The second-order valence-corrected chi connectivity index (χ2v) is 4.11. The Labute approximate surface area is 85.6 Å². The predicted molar refractivity (Wildman–Crippen MR) is 53.5 cm³/mol. The Kier molecular flexibility index (Phi) is 2.64. The molecule has 1 heterocycles. The molecule has 1 aromatic heterocycles. The van der Waals surface area contributed by atoms with Gasteiger partial charge in [0.1, 0.15) is 0 Å². The van der Waals surface area contributed by atoms with E-state index in [1.54, 1.807) is 0 Å². The molecule has 0 amide bonds. The summed E-state index contributed by atoms with van der Waals surface area (Å²) in [5.41, 5.74) is 6.82. The largest absolute Gasteiger partial charge is 0.328 e. The third-order valence-corrected chi connectivity index (χ3v) is 3.09. The minimum atomic E-state index is 0.349. The molecule has 0 aliphatic heterocycles. The van der Waals surface area contributed by atoms with Crippen molar-refractivity contribution < 1.29 is 0 Å². The number of aromatic nitrogens is 3. The lowest BCUT2D eigenvalue weighted by molar-refractivity contribution is 0.448. The Morgan fingerprint density at radius 3 is 3.00 bits per heavy atom. The van der Waals surface area contributed by atoms with Crippen LogP contribution in [0.25, 0.3) is 0 Å². The number of nitrogens with two attached hydrogens (primary N) is 1. The van der Waals surface area contributed by atoms with E-state index in [2.05, 4.69) is 26.2 Å². The molecule has 0 aromatic carbocycles. The van der Waals surface area contributed by atoms with Crippen molar-refractivity contribution in [1.82, 2.24) is 15.0 Å². The molecule has 1 aliphatic carbocycles. The second kappa shape index (κ2) is 3.75. The first-order valence-electron chi connectivity index (χ1n) is 4.52. The van der Waals surface area contributed by atoms with E-state index in [1.165, 1.54) is 0 Å². The third kappa shape index (κ3) is 1.91. The van der Waals surface area contributed by atoms with Crippen LogP contribution < -0.4 is 5.73 Å². The number of hydrogen-bond donors (Lipinski definition) is 1. The highest BCUT2D eigenvalue weighted by molar-refractivity contribution is 9.08. The van der Waals surface area contributed by atoms with Gasteiger partial charge in [0.05, 0.1) is 11.7 Å². The lowest BCUT2D eigenvalue weighted by Gasteiger charge is -2.07. The summed E-state index contributed by atoms with van der Waals surface area (Å²) in [6.07, 6.45) is 5.27. The molecule has 2 rings (SSSR count). The molecular formula is C8H13BrN4. The fourth-order valence-electron chi connectivity index (χ4n) is 1.78. The fraction of sp³-hybridized carbons (Fsp3) is 0.750. The summed E-state index contributed by atoms with van der Waals surface area (Å²) >= 11 is 3.35. The van der Waals surface area contributed by atoms with Crippen molar-refractivity contribution in [3.8, 4) is 0 Å². The monoisotopic (exact) mass is 244 g/mol. The number of alkyl halides is 1. The zero-order chi connectivity index (χ0) is 9.26. The minimum Gasteiger partial charge on any atom is -0.328 e. The van der Waals surface area contributed by atoms with Crippen molar-refractivity contribution in [3.63, 3.8) is 0 Å². The van der Waals surface area contributed by atoms with E-state index < -0.39 is 0 Å². The van der Waals surface area contributed by atoms with Gasteiger partial charge in [-0.1, -0.05) is 21.1 Å². The van der Waals surface area contributed by atoms with Crippen LogP contribution in [0, 0.1) is 0 Å². The van der Waals surface area contributed by atoms with Gasteiger partial charge < -0.3 is 5.73 Å². The van der Waals surface area contributed by atoms with Gasteiger partial charge in [0.25, 0.3) is 0 Å². The lowest BCUT2D eigenvalue weighted by atomic mass is 10.2. The number of nitrogens with zero attached hydrogens (tertiary/aromatic N) is 3. The molecule has 0 saturated heterocycles. The minimum absolute atomic E-state index is 0.349. The molecule has 2 N–H and O–H groups in total. The third-order valence-electron chi connectivity index (χ3n) is 2.51. The topological polar surface area (TPSA) is 56.7 Å². The molecule has 72 valence electrons. The molecule has 1 aliphatic rings. The SMILES string of the molecule is N[C@H]1CC[C@@H](n2cc(CBr)nn2)C1. The Bertz CT molecular complexity index is 285. The molecule has 0 bridgehead atoms. The summed E-state index contributed by atoms with van der Waals surface area (Å²) in [7, 11) is 0. The molecule has 1 aromatic rings. The van der Waals surface area contributed by atoms with Crippen LogP contribution in [-0.4, -0.2) is 21.0 Å². The maximum atomic E-state index is 5.83. The van der Waals surface area contributed by atoms with Crippen molar-refractivity contribution in [2.75, 3.05) is 0 Å². The van der Waals surface area contributed by atoms with E-state index in [0.717, 1.165) is 30.3 Å². The van der Waals surface area contributed by atoms with E-state index in [4.69, 9.17) is 5.73 Å². The number of hydrogen-bond acceptors (Lipinski definition) is 3. The van der Waals surface area contributed by atoms with Gasteiger partial charge in [-0.15, -0.1) is 5.10 Å². The second-order valence-electron chi connectivity index (χ2n) is 3.55. The van der Waals surface area contributed by atoms with Gasteiger partial charge in [-0.25, -0.2) is 4.68 Å². The lowest BCUT2D eigenvalue weighted by Crippen LogP contribution is -2.16. The Hall–Kier alpha value is -0.420. The van der Waals surface area contributed by atoms with Gasteiger partial charge in [0, 0.05) is 17.6 Å². The van der Waals surface area contributed by atoms with Crippen molar-refractivity contribution in [3.05, 3.63) is 11.9 Å². The number of rotatable bonds is 2. The summed E-state index contributed by atoms with van der Waals surface area (Å²) in [5.74, 6) is 0. The van der Waals surface area contributed by atoms with Gasteiger partial charge in [0.2, 0.25) is 0 Å². The molecule has 13 heavy (non-hydrogen) atoms. The fourth-order valence-corrected chi connectivity index (χ4v) is 2.04. The summed E-state index contributed by atoms with van der Waals surface area (Å²) in [5, 5.41) is 8.88. The van der Waals surface area contributed by atoms with E-state index in [9.17, 15) is 0 Å². The molecular weight excluding hydrogens is 232 g/mol.